The number of carbonyl (C=O) groups excluding carboxylic acids is 1. The van der Waals surface area contributed by atoms with Crippen molar-refractivity contribution in [2.75, 3.05) is 13.6 Å². The molecular formula is C11H21N5O. The van der Waals surface area contributed by atoms with Crippen molar-refractivity contribution in [1.29, 1.82) is 0 Å². The van der Waals surface area contributed by atoms with Gasteiger partial charge in [-0.05, 0) is 20.8 Å². The van der Waals surface area contributed by atoms with E-state index in [1.165, 1.54) is 0 Å². The van der Waals surface area contributed by atoms with Crippen molar-refractivity contribution in [3.8, 4) is 0 Å². The molecule has 1 heterocycles. The number of hydrogen-bond acceptors (Lipinski definition) is 4. The topological polar surface area (TPSA) is 71.8 Å². The van der Waals surface area contributed by atoms with Gasteiger partial charge in [0.1, 0.15) is 0 Å². The Kier molecular flexibility index (Phi) is 4.62. The monoisotopic (exact) mass is 239 g/mol. The summed E-state index contributed by atoms with van der Waals surface area (Å²) < 4.78 is 1.84. The lowest BCUT2D eigenvalue weighted by Crippen LogP contribution is -2.24. The molecule has 0 spiro atoms. The molecular weight excluding hydrogens is 218 g/mol. The molecule has 6 nitrogen and oxygen atoms in total. The van der Waals surface area contributed by atoms with Gasteiger partial charge in [-0.25, -0.2) is 4.68 Å². The predicted octanol–water partition coefficient (Wildman–Crippen LogP) is 0.259. The zero-order valence-corrected chi connectivity index (χ0v) is 10.9. The summed E-state index contributed by atoms with van der Waals surface area (Å²) in [6.45, 7) is 7.49. The van der Waals surface area contributed by atoms with Crippen LogP contribution in [0.4, 0.5) is 0 Å². The van der Waals surface area contributed by atoms with Crippen molar-refractivity contribution in [1.82, 2.24) is 25.6 Å². The Balaban J connectivity index is 2.33. The van der Waals surface area contributed by atoms with Crippen LogP contribution >= 0.6 is 0 Å². The van der Waals surface area contributed by atoms with Crippen LogP contribution in [0.15, 0.2) is 6.20 Å². The molecule has 17 heavy (non-hydrogen) atoms. The lowest BCUT2D eigenvalue weighted by molar-refractivity contribution is -0.120. The minimum absolute atomic E-state index is 0.0378. The number of nitrogens with one attached hydrogen (secondary N) is 2. The van der Waals surface area contributed by atoms with Crippen molar-refractivity contribution in [2.45, 2.75) is 39.3 Å². The van der Waals surface area contributed by atoms with Crippen molar-refractivity contribution >= 4 is 5.91 Å². The number of carbonyl (C=O) groups is 1. The summed E-state index contributed by atoms with van der Waals surface area (Å²) >= 11 is 0. The van der Waals surface area contributed by atoms with E-state index in [0.717, 1.165) is 5.69 Å². The van der Waals surface area contributed by atoms with E-state index in [0.29, 0.717) is 19.5 Å². The quantitative estimate of drug-likeness (QED) is 0.723. The highest BCUT2D eigenvalue weighted by Gasteiger charge is 2.14. The molecule has 0 radical (unpaired) electrons. The Morgan fingerprint density at radius 1 is 1.47 bits per heavy atom. The normalized spacial score (nSPS) is 11.5. The molecule has 2 N–H and O–H groups in total. The molecule has 0 aliphatic rings. The van der Waals surface area contributed by atoms with Crippen molar-refractivity contribution in [3.05, 3.63) is 11.9 Å². The van der Waals surface area contributed by atoms with Crippen LogP contribution in [0, 0.1) is 0 Å². The molecule has 0 unspecified atom stereocenters. The van der Waals surface area contributed by atoms with Crippen LogP contribution in [-0.2, 0) is 16.9 Å². The number of hydrogen-bond donors (Lipinski definition) is 2. The van der Waals surface area contributed by atoms with E-state index in [1.54, 1.807) is 7.05 Å². The standard InChI is InChI=1S/C11H21N5O/c1-11(2,3)16-8-9(14-15-16)7-13-6-5-10(17)12-4/h8,13H,5-7H2,1-4H3,(H,12,17). The molecule has 0 aliphatic carbocycles. The first kappa shape index (κ1) is 13.6. The average Bonchev–Trinajstić information content (AvgIpc) is 2.72. The van der Waals surface area contributed by atoms with Crippen LogP contribution in [0.1, 0.15) is 32.9 Å². The van der Waals surface area contributed by atoms with Gasteiger partial charge in [-0.2, -0.15) is 0 Å². The van der Waals surface area contributed by atoms with Crippen molar-refractivity contribution in [2.24, 2.45) is 0 Å². The van der Waals surface area contributed by atoms with E-state index in [2.05, 4.69) is 41.7 Å². The number of aromatic nitrogens is 3. The predicted molar refractivity (Wildman–Crippen MR) is 65.4 cm³/mol. The fourth-order valence-electron chi connectivity index (χ4n) is 1.25. The molecule has 6 heteroatoms. The van der Waals surface area contributed by atoms with E-state index in [4.69, 9.17) is 0 Å². The first-order chi connectivity index (χ1) is 7.93. The van der Waals surface area contributed by atoms with Crippen LogP contribution < -0.4 is 10.6 Å². The van der Waals surface area contributed by atoms with Crippen LogP contribution in [0.25, 0.3) is 0 Å². The summed E-state index contributed by atoms with van der Waals surface area (Å²) in [6.07, 6.45) is 2.40. The minimum Gasteiger partial charge on any atom is -0.359 e. The Morgan fingerprint density at radius 2 is 2.18 bits per heavy atom. The number of rotatable bonds is 5. The van der Waals surface area contributed by atoms with Gasteiger partial charge in [0.05, 0.1) is 17.4 Å². The lowest BCUT2D eigenvalue weighted by Gasteiger charge is -2.17. The first-order valence-electron chi connectivity index (χ1n) is 5.76. The largest absolute Gasteiger partial charge is 0.359 e. The fourth-order valence-corrected chi connectivity index (χ4v) is 1.25. The molecule has 0 bridgehead atoms. The third kappa shape index (κ3) is 4.52. The second-order valence-corrected chi connectivity index (χ2v) is 4.93. The minimum atomic E-state index is -0.0483. The van der Waals surface area contributed by atoms with Gasteiger partial charge in [0, 0.05) is 26.6 Å². The summed E-state index contributed by atoms with van der Waals surface area (Å²) in [5.74, 6) is 0.0378. The second kappa shape index (κ2) is 5.77. The number of nitrogens with zero attached hydrogens (tertiary/aromatic N) is 3. The van der Waals surface area contributed by atoms with Crippen LogP contribution in [0.5, 0.6) is 0 Å². The highest BCUT2D eigenvalue weighted by Crippen LogP contribution is 2.11. The summed E-state index contributed by atoms with van der Waals surface area (Å²) in [5, 5.41) is 13.9. The fraction of sp³-hybridized carbons (Fsp3) is 0.727. The van der Waals surface area contributed by atoms with Gasteiger partial charge in [0.25, 0.3) is 0 Å². The van der Waals surface area contributed by atoms with Crippen LogP contribution in [0.2, 0.25) is 0 Å². The highest BCUT2D eigenvalue weighted by molar-refractivity contribution is 5.75. The highest BCUT2D eigenvalue weighted by atomic mass is 16.1. The van der Waals surface area contributed by atoms with E-state index in [1.807, 2.05) is 10.9 Å². The van der Waals surface area contributed by atoms with Gasteiger partial charge in [-0.1, -0.05) is 5.21 Å². The van der Waals surface area contributed by atoms with Crippen LogP contribution in [0.3, 0.4) is 0 Å². The summed E-state index contributed by atoms with van der Waals surface area (Å²) in [7, 11) is 1.64. The summed E-state index contributed by atoms with van der Waals surface area (Å²) in [4.78, 5) is 11.0. The van der Waals surface area contributed by atoms with E-state index < -0.39 is 0 Å². The molecule has 1 amide bonds. The van der Waals surface area contributed by atoms with Crippen LogP contribution in [-0.4, -0.2) is 34.5 Å². The van der Waals surface area contributed by atoms with Gasteiger partial charge in [-0.3, -0.25) is 4.79 Å². The Labute approximate surface area is 102 Å². The summed E-state index contributed by atoms with van der Waals surface area (Å²) in [6, 6.07) is 0. The number of amides is 1. The van der Waals surface area contributed by atoms with E-state index >= 15 is 0 Å². The smallest absolute Gasteiger partial charge is 0.221 e. The molecule has 1 aromatic rings. The Bertz CT molecular complexity index is 366. The SMILES string of the molecule is CNC(=O)CCNCc1cn(C(C)(C)C)nn1. The molecule has 0 saturated heterocycles. The Morgan fingerprint density at radius 3 is 2.71 bits per heavy atom. The average molecular weight is 239 g/mol. The maximum atomic E-state index is 11.0. The third-order valence-electron chi connectivity index (χ3n) is 2.34. The molecule has 96 valence electrons. The first-order valence-corrected chi connectivity index (χ1v) is 5.76. The van der Waals surface area contributed by atoms with Crippen molar-refractivity contribution < 1.29 is 4.79 Å². The molecule has 0 aliphatic heterocycles. The van der Waals surface area contributed by atoms with Gasteiger partial charge in [-0.15, -0.1) is 5.10 Å². The molecule has 0 aromatic carbocycles. The van der Waals surface area contributed by atoms with Gasteiger partial charge >= 0.3 is 0 Å². The molecule has 0 fully saturated rings. The third-order valence-corrected chi connectivity index (χ3v) is 2.34. The molecule has 0 atom stereocenters. The molecule has 1 rings (SSSR count). The van der Waals surface area contributed by atoms with Gasteiger partial charge in [0.2, 0.25) is 5.91 Å². The maximum absolute atomic E-state index is 11.0. The maximum Gasteiger partial charge on any atom is 0.221 e. The van der Waals surface area contributed by atoms with E-state index in [9.17, 15) is 4.79 Å². The van der Waals surface area contributed by atoms with Gasteiger partial charge in [0.15, 0.2) is 0 Å². The molecule has 0 saturated carbocycles. The van der Waals surface area contributed by atoms with E-state index in [-0.39, 0.29) is 11.4 Å². The van der Waals surface area contributed by atoms with Gasteiger partial charge < -0.3 is 10.6 Å². The zero-order valence-electron chi connectivity index (χ0n) is 10.9. The Hall–Kier alpha value is -1.43. The van der Waals surface area contributed by atoms with Crippen molar-refractivity contribution in [3.63, 3.8) is 0 Å². The summed E-state index contributed by atoms with van der Waals surface area (Å²) in [5.41, 5.74) is 0.838. The lowest BCUT2D eigenvalue weighted by atomic mass is 10.1. The molecule has 1 aromatic heterocycles. The second-order valence-electron chi connectivity index (χ2n) is 4.93. The zero-order chi connectivity index (χ0) is 12.9.